The summed E-state index contributed by atoms with van der Waals surface area (Å²) in [5.74, 6) is 0.0942. The zero-order valence-corrected chi connectivity index (χ0v) is 14.8. The summed E-state index contributed by atoms with van der Waals surface area (Å²) in [5.41, 5.74) is 7.03. The first-order valence-electron chi connectivity index (χ1n) is 7.37. The summed E-state index contributed by atoms with van der Waals surface area (Å²) >= 11 is 0. The molecule has 2 rings (SSSR count). The number of hydrogen-bond acceptors (Lipinski definition) is 4. The van der Waals surface area contributed by atoms with Crippen LogP contribution in [-0.2, 0) is 6.54 Å². The number of rotatable bonds is 5. The molecular formula is C15H26Cl2N4O. The fourth-order valence-electron chi connectivity index (χ4n) is 2.87. The summed E-state index contributed by atoms with van der Waals surface area (Å²) < 4.78 is 0. The molecule has 0 aromatic carbocycles. The first-order valence-corrected chi connectivity index (χ1v) is 7.37. The van der Waals surface area contributed by atoms with Crippen LogP contribution < -0.4 is 5.73 Å². The molecule has 1 amide bonds. The molecule has 1 atom stereocenters. The van der Waals surface area contributed by atoms with Crippen molar-refractivity contribution in [2.24, 2.45) is 5.73 Å². The highest BCUT2D eigenvalue weighted by atomic mass is 35.5. The van der Waals surface area contributed by atoms with Crippen molar-refractivity contribution in [3.05, 3.63) is 29.6 Å². The molecule has 5 nitrogen and oxygen atoms in total. The van der Waals surface area contributed by atoms with Crippen LogP contribution in [-0.4, -0.2) is 52.9 Å². The predicted molar refractivity (Wildman–Crippen MR) is 93.9 cm³/mol. The summed E-state index contributed by atoms with van der Waals surface area (Å²) in [4.78, 5) is 21.0. The molecule has 1 fully saturated rings. The molecule has 1 aliphatic heterocycles. The van der Waals surface area contributed by atoms with Crippen molar-refractivity contribution in [1.82, 2.24) is 14.8 Å². The number of likely N-dealkylation sites (tertiary alicyclic amines) is 1. The fourth-order valence-corrected chi connectivity index (χ4v) is 2.87. The average molecular weight is 349 g/mol. The number of carbonyl (C=O) groups excluding carboxylic acids is 1. The van der Waals surface area contributed by atoms with Crippen molar-refractivity contribution in [1.29, 1.82) is 0 Å². The highest BCUT2D eigenvalue weighted by Gasteiger charge is 2.29. The number of nitrogens with zero attached hydrogens (tertiary/aromatic N) is 3. The Balaban J connectivity index is 0.00000220. The Morgan fingerprint density at radius 1 is 1.41 bits per heavy atom. The molecule has 22 heavy (non-hydrogen) atoms. The van der Waals surface area contributed by atoms with E-state index in [4.69, 9.17) is 5.73 Å². The van der Waals surface area contributed by atoms with Gasteiger partial charge in [-0.15, -0.1) is 24.8 Å². The van der Waals surface area contributed by atoms with Gasteiger partial charge in [-0.2, -0.15) is 0 Å². The zero-order chi connectivity index (χ0) is 14.5. The monoisotopic (exact) mass is 348 g/mol. The zero-order valence-electron chi connectivity index (χ0n) is 13.2. The standard InChI is InChI=1S/C15H24N4O.2ClH/c1-3-18(4-2)14-6-8-19(11-14)15(20)12-5-7-17-13(9-12)10-16;;/h5,7,9,14H,3-4,6,8,10-11,16H2,1-2H3;2*1H. The van der Waals surface area contributed by atoms with Crippen molar-refractivity contribution < 1.29 is 4.79 Å². The third-order valence-corrected chi connectivity index (χ3v) is 4.05. The van der Waals surface area contributed by atoms with Crippen molar-refractivity contribution >= 4 is 30.7 Å². The fraction of sp³-hybridized carbons (Fsp3) is 0.600. The first kappa shape index (κ1) is 21.1. The van der Waals surface area contributed by atoms with Gasteiger partial charge in [-0.05, 0) is 31.6 Å². The predicted octanol–water partition coefficient (Wildman–Crippen LogP) is 1.94. The van der Waals surface area contributed by atoms with E-state index >= 15 is 0 Å². The van der Waals surface area contributed by atoms with Crippen molar-refractivity contribution in [3.63, 3.8) is 0 Å². The van der Waals surface area contributed by atoms with Gasteiger partial charge in [0.2, 0.25) is 0 Å². The lowest BCUT2D eigenvalue weighted by Gasteiger charge is -2.26. The first-order chi connectivity index (χ1) is 9.69. The van der Waals surface area contributed by atoms with Gasteiger partial charge in [0, 0.05) is 37.4 Å². The number of hydrogen-bond donors (Lipinski definition) is 1. The molecule has 0 spiro atoms. The summed E-state index contributed by atoms with van der Waals surface area (Å²) in [6.45, 7) is 8.44. The van der Waals surface area contributed by atoms with Crippen LogP contribution in [0.15, 0.2) is 18.3 Å². The molecule has 126 valence electrons. The van der Waals surface area contributed by atoms with Crippen LogP contribution in [0.5, 0.6) is 0 Å². The van der Waals surface area contributed by atoms with Gasteiger partial charge in [-0.3, -0.25) is 14.7 Å². The summed E-state index contributed by atoms with van der Waals surface area (Å²) in [6, 6.07) is 4.06. The Bertz CT molecular complexity index is 469. The van der Waals surface area contributed by atoms with E-state index < -0.39 is 0 Å². The molecule has 1 saturated heterocycles. The van der Waals surface area contributed by atoms with E-state index in [0.29, 0.717) is 18.2 Å². The lowest BCUT2D eigenvalue weighted by molar-refractivity contribution is 0.0777. The molecule has 1 aromatic rings. The Morgan fingerprint density at radius 2 is 2.09 bits per heavy atom. The van der Waals surface area contributed by atoms with E-state index in [1.165, 1.54) is 0 Å². The second-order valence-corrected chi connectivity index (χ2v) is 5.15. The summed E-state index contributed by atoms with van der Waals surface area (Å²) in [7, 11) is 0. The number of likely N-dealkylation sites (N-methyl/N-ethyl adjacent to an activating group) is 1. The van der Waals surface area contributed by atoms with Crippen molar-refractivity contribution in [2.45, 2.75) is 32.9 Å². The maximum absolute atomic E-state index is 12.5. The highest BCUT2D eigenvalue weighted by molar-refractivity contribution is 5.94. The number of amides is 1. The smallest absolute Gasteiger partial charge is 0.254 e. The van der Waals surface area contributed by atoms with Crippen LogP contribution in [0.25, 0.3) is 0 Å². The number of pyridine rings is 1. The van der Waals surface area contributed by atoms with Crippen molar-refractivity contribution in [3.8, 4) is 0 Å². The minimum absolute atomic E-state index is 0. The van der Waals surface area contributed by atoms with E-state index in [0.717, 1.165) is 38.3 Å². The van der Waals surface area contributed by atoms with Gasteiger partial charge in [0.15, 0.2) is 0 Å². The number of halogens is 2. The minimum atomic E-state index is 0. The van der Waals surface area contributed by atoms with Crippen LogP contribution in [0.2, 0.25) is 0 Å². The van der Waals surface area contributed by atoms with Crippen LogP contribution in [0.3, 0.4) is 0 Å². The number of carbonyl (C=O) groups is 1. The Morgan fingerprint density at radius 3 is 2.68 bits per heavy atom. The third-order valence-electron chi connectivity index (χ3n) is 4.05. The van der Waals surface area contributed by atoms with E-state index in [2.05, 4.69) is 23.7 Å². The number of nitrogens with two attached hydrogens (primary N) is 1. The quantitative estimate of drug-likeness (QED) is 0.883. The Hall–Kier alpha value is -0.880. The normalized spacial score (nSPS) is 17.1. The molecule has 0 saturated carbocycles. The largest absolute Gasteiger partial charge is 0.337 e. The minimum Gasteiger partial charge on any atom is -0.337 e. The van der Waals surface area contributed by atoms with Gasteiger partial charge < -0.3 is 10.6 Å². The Labute approximate surface area is 145 Å². The van der Waals surface area contributed by atoms with Gasteiger partial charge in [-0.25, -0.2) is 0 Å². The van der Waals surface area contributed by atoms with Crippen LogP contribution in [0.1, 0.15) is 36.3 Å². The van der Waals surface area contributed by atoms with Crippen LogP contribution >= 0.6 is 24.8 Å². The molecule has 0 radical (unpaired) electrons. The Kier molecular flexibility index (Phi) is 9.60. The maximum Gasteiger partial charge on any atom is 0.254 e. The van der Waals surface area contributed by atoms with E-state index in [-0.39, 0.29) is 30.7 Å². The lowest BCUT2D eigenvalue weighted by Crippen LogP contribution is -2.38. The molecule has 1 aliphatic rings. The maximum atomic E-state index is 12.5. The summed E-state index contributed by atoms with van der Waals surface area (Å²) in [6.07, 6.45) is 2.72. The summed E-state index contributed by atoms with van der Waals surface area (Å²) in [5, 5.41) is 0. The van der Waals surface area contributed by atoms with Gasteiger partial charge in [0.25, 0.3) is 5.91 Å². The topological polar surface area (TPSA) is 62.5 Å². The molecular weight excluding hydrogens is 323 g/mol. The third kappa shape index (κ3) is 4.81. The molecule has 0 aliphatic carbocycles. The van der Waals surface area contributed by atoms with Gasteiger partial charge >= 0.3 is 0 Å². The second-order valence-electron chi connectivity index (χ2n) is 5.15. The van der Waals surface area contributed by atoms with Crippen LogP contribution in [0, 0.1) is 0 Å². The van der Waals surface area contributed by atoms with E-state index in [1.807, 2.05) is 4.90 Å². The van der Waals surface area contributed by atoms with E-state index in [9.17, 15) is 4.79 Å². The molecule has 2 N–H and O–H groups in total. The van der Waals surface area contributed by atoms with Gasteiger partial charge in [0.05, 0.1) is 5.69 Å². The van der Waals surface area contributed by atoms with Crippen molar-refractivity contribution in [2.75, 3.05) is 26.2 Å². The molecule has 1 aromatic heterocycles. The molecule has 7 heteroatoms. The van der Waals surface area contributed by atoms with Gasteiger partial charge in [0.1, 0.15) is 0 Å². The molecule has 2 heterocycles. The van der Waals surface area contributed by atoms with Gasteiger partial charge in [-0.1, -0.05) is 13.8 Å². The van der Waals surface area contributed by atoms with Crippen LogP contribution in [0.4, 0.5) is 0 Å². The SMILES string of the molecule is CCN(CC)C1CCN(C(=O)c2ccnc(CN)c2)C1.Cl.Cl. The highest BCUT2D eigenvalue weighted by Crippen LogP contribution is 2.18. The van der Waals surface area contributed by atoms with E-state index in [1.54, 1.807) is 18.3 Å². The lowest BCUT2D eigenvalue weighted by atomic mass is 10.2. The second kappa shape index (κ2) is 10.0. The molecule has 0 bridgehead atoms. The average Bonchev–Trinajstić information content (AvgIpc) is 2.97. The molecule has 1 unspecified atom stereocenters. The number of aromatic nitrogens is 1.